The summed E-state index contributed by atoms with van der Waals surface area (Å²) in [6.07, 6.45) is -6.22. The average Bonchev–Trinajstić information content (AvgIpc) is 2.56. The Kier molecular flexibility index (Phi) is 5.91. The van der Waals surface area contributed by atoms with Crippen LogP contribution in [0.15, 0.2) is 24.3 Å². The molecule has 0 amide bonds. The van der Waals surface area contributed by atoms with E-state index >= 15 is 0 Å². The average molecular weight is 327 g/mol. The topological polar surface area (TPSA) is 128 Å². The highest BCUT2D eigenvalue weighted by molar-refractivity contribution is 5.89. The van der Waals surface area contributed by atoms with Crippen LogP contribution in [0.5, 0.6) is 0 Å². The van der Waals surface area contributed by atoms with Crippen LogP contribution < -0.4 is 5.32 Å². The Balaban J connectivity index is 2.04. The first kappa shape index (κ1) is 17.6. The van der Waals surface area contributed by atoms with E-state index in [1.165, 1.54) is 0 Å². The van der Waals surface area contributed by atoms with Crippen LogP contribution in [0.4, 0.5) is 5.69 Å². The minimum atomic E-state index is -1.45. The summed E-state index contributed by atoms with van der Waals surface area (Å²) in [4.78, 5) is 11.6. The van der Waals surface area contributed by atoms with Gasteiger partial charge in [-0.15, -0.1) is 0 Å². The number of hydrogen-bond acceptors (Lipinski definition) is 8. The minimum absolute atomic E-state index is 0.281. The molecule has 0 saturated carbocycles. The van der Waals surface area contributed by atoms with Crippen molar-refractivity contribution in [1.82, 2.24) is 0 Å². The normalized spacial score (nSPS) is 30.7. The van der Waals surface area contributed by atoms with Crippen LogP contribution in [0, 0.1) is 0 Å². The molecule has 0 aliphatic carbocycles. The van der Waals surface area contributed by atoms with Crippen molar-refractivity contribution >= 4 is 11.7 Å². The SMILES string of the molecule is CCOC(=O)c1ccc(N[C@@H]2O[C@H](CO)[C@@H](O)[C@@H](O)[C@@H]2O)cc1. The van der Waals surface area contributed by atoms with Crippen molar-refractivity contribution in [2.45, 2.75) is 37.6 Å². The molecule has 5 N–H and O–H groups in total. The number of anilines is 1. The summed E-state index contributed by atoms with van der Waals surface area (Å²) >= 11 is 0. The van der Waals surface area contributed by atoms with Gasteiger partial charge in [0.05, 0.1) is 18.8 Å². The lowest BCUT2D eigenvalue weighted by molar-refractivity contribution is -0.221. The predicted octanol–water partition coefficient (Wildman–Crippen LogP) is -0.925. The number of ether oxygens (including phenoxy) is 2. The van der Waals surface area contributed by atoms with Gasteiger partial charge < -0.3 is 35.2 Å². The molecule has 8 heteroatoms. The van der Waals surface area contributed by atoms with Gasteiger partial charge in [0.25, 0.3) is 0 Å². The molecule has 0 spiro atoms. The molecule has 1 fully saturated rings. The fourth-order valence-electron chi connectivity index (χ4n) is 2.30. The smallest absolute Gasteiger partial charge is 0.338 e. The van der Waals surface area contributed by atoms with Gasteiger partial charge in [0.15, 0.2) is 6.23 Å². The van der Waals surface area contributed by atoms with Gasteiger partial charge in [-0.3, -0.25) is 0 Å². The Morgan fingerprint density at radius 3 is 2.39 bits per heavy atom. The zero-order valence-corrected chi connectivity index (χ0v) is 12.6. The predicted molar refractivity (Wildman–Crippen MR) is 79.8 cm³/mol. The van der Waals surface area contributed by atoms with E-state index in [9.17, 15) is 20.1 Å². The molecular weight excluding hydrogens is 306 g/mol. The second-order valence-corrected chi connectivity index (χ2v) is 5.19. The fraction of sp³-hybridized carbons (Fsp3) is 0.533. The molecule has 1 saturated heterocycles. The molecule has 1 aliphatic rings. The van der Waals surface area contributed by atoms with Gasteiger partial charge in [-0.25, -0.2) is 4.79 Å². The van der Waals surface area contributed by atoms with Crippen LogP contribution in [-0.2, 0) is 9.47 Å². The van der Waals surface area contributed by atoms with Gasteiger partial charge >= 0.3 is 5.97 Å². The first-order valence-electron chi connectivity index (χ1n) is 7.32. The molecular formula is C15H21NO7. The van der Waals surface area contributed by atoms with Gasteiger partial charge in [-0.05, 0) is 31.2 Å². The highest BCUT2D eigenvalue weighted by atomic mass is 16.6. The van der Waals surface area contributed by atoms with Gasteiger partial charge in [0.1, 0.15) is 24.4 Å². The third-order valence-corrected chi connectivity index (χ3v) is 3.60. The highest BCUT2D eigenvalue weighted by Gasteiger charge is 2.43. The second kappa shape index (κ2) is 7.71. The summed E-state index contributed by atoms with van der Waals surface area (Å²) in [6.45, 7) is 1.50. The first-order valence-corrected chi connectivity index (χ1v) is 7.32. The van der Waals surface area contributed by atoms with Crippen molar-refractivity contribution in [2.24, 2.45) is 0 Å². The van der Waals surface area contributed by atoms with Crippen molar-refractivity contribution in [2.75, 3.05) is 18.5 Å². The summed E-state index contributed by atoms with van der Waals surface area (Å²) in [5, 5.41) is 41.4. The summed E-state index contributed by atoms with van der Waals surface area (Å²) in [7, 11) is 0. The molecule has 0 radical (unpaired) electrons. The Hall–Kier alpha value is -1.71. The zero-order valence-electron chi connectivity index (χ0n) is 12.6. The van der Waals surface area contributed by atoms with E-state index in [2.05, 4.69) is 5.32 Å². The second-order valence-electron chi connectivity index (χ2n) is 5.19. The van der Waals surface area contributed by atoms with Crippen molar-refractivity contribution < 1.29 is 34.7 Å². The first-order chi connectivity index (χ1) is 11.0. The quantitative estimate of drug-likeness (QED) is 0.439. The lowest BCUT2D eigenvalue weighted by atomic mass is 9.98. The van der Waals surface area contributed by atoms with Gasteiger partial charge in [-0.1, -0.05) is 0 Å². The van der Waals surface area contributed by atoms with E-state index in [-0.39, 0.29) is 6.61 Å². The number of aliphatic hydroxyl groups excluding tert-OH is 4. The van der Waals surface area contributed by atoms with Gasteiger partial charge in [0.2, 0.25) is 0 Å². The molecule has 5 atom stereocenters. The molecule has 8 nitrogen and oxygen atoms in total. The molecule has 128 valence electrons. The van der Waals surface area contributed by atoms with E-state index < -0.39 is 43.2 Å². The number of rotatable bonds is 5. The monoisotopic (exact) mass is 327 g/mol. The Bertz CT molecular complexity index is 519. The molecule has 1 aromatic carbocycles. The minimum Gasteiger partial charge on any atom is -0.462 e. The van der Waals surface area contributed by atoms with Gasteiger partial charge in [-0.2, -0.15) is 0 Å². The Morgan fingerprint density at radius 2 is 1.83 bits per heavy atom. The molecule has 1 aliphatic heterocycles. The number of carbonyl (C=O) groups is 1. The number of esters is 1. The fourth-order valence-corrected chi connectivity index (χ4v) is 2.30. The van der Waals surface area contributed by atoms with Gasteiger partial charge in [0, 0.05) is 5.69 Å². The molecule has 2 rings (SSSR count). The third kappa shape index (κ3) is 3.98. The maximum Gasteiger partial charge on any atom is 0.338 e. The van der Waals surface area contributed by atoms with Crippen molar-refractivity contribution in [3.63, 3.8) is 0 Å². The zero-order chi connectivity index (χ0) is 17.0. The third-order valence-electron chi connectivity index (χ3n) is 3.60. The van der Waals surface area contributed by atoms with E-state index in [1.807, 2.05) is 0 Å². The number of nitrogens with one attached hydrogen (secondary N) is 1. The van der Waals surface area contributed by atoms with E-state index in [0.717, 1.165) is 0 Å². The van der Waals surface area contributed by atoms with Crippen LogP contribution in [-0.4, -0.2) is 70.3 Å². The summed E-state index contributed by atoms with van der Waals surface area (Å²) in [6, 6.07) is 6.27. The van der Waals surface area contributed by atoms with Crippen LogP contribution in [0.3, 0.4) is 0 Å². The van der Waals surface area contributed by atoms with Crippen LogP contribution in [0.1, 0.15) is 17.3 Å². The Morgan fingerprint density at radius 1 is 1.17 bits per heavy atom. The number of hydrogen-bond donors (Lipinski definition) is 5. The number of carbonyl (C=O) groups excluding carboxylic acids is 1. The van der Waals surface area contributed by atoms with E-state index in [4.69, 9.17) is 14.6 Å². The van der Waals surface area contributed by atoms with E-state index in [1.54, 1.807) is 31.2 Å². The summed E-state index contributed by atoms with van der Waals surface area (Å²) in [5.41, 5.74) is 0.911. The van der Waals surface area contributed by atoms with Crippen LogP contribution in [0.2, 0.25) is 0 Å². The molecule has 23 heavy (non-hydrogen) atoms. The largest absolute Gasteiger partial charge is 0.462 e. The van der Waals surface area contributed by atoms with Crippen LogP contribution in [0.25, 0.3) is 0 Å². The molecule has 0 unspecified atom stereocenters. The maximum atomic E-state index is 11.6. The van der Waals surface area contributed by atoms with E-state index in [0.29, 0.717) is 11.3 Å². The van der Waals surface area contributed by atoms with Crippen molar-refractivity contribution in [3.8, 4) is 0 Å². The van der Waals surface area contributed by atoms with Crippen molar-refractivity contribution in [1.29, 1.82) is 0 Å². The molecule has 0 bridgehead atoms. The number of aliphatic hydroxyl groups is 4. The molecule has 1 heterocycles. The van der Waals surface area contributed by atoms with Crippen molar-refractivity contribution in [3.05, 3.63) is 29.8 Å². The highest BCUT2D eigenvalue weighted by Crippen LogP contribution is 2.23. The Labute approximate surface area is 133 Å². The molecule has 0 aromatic heterocycles. The standard InChI is InChI=1S/C15H21NO7/c1-2-22-15(21)8-3-5-9(6-4-8)16-14-13(20)12(19)11(18)10(7-17)23-14/h3-6,10-14,16-20H,2,7H2,1H3/t10-,11-,12-,13+,14-/m1/s1. The maximum absolute atomic E-state index is 11.6. The summed E-state index contributed by atoms with van der Waals surface area (Å²) < 4.78 is 10.2. The van der Waals surface area contributed by atoms with Crippen LogP contribution >= 0.6 is 0 Å². The molecule has 1 aromatic rings. The number of benzene rings is 1. The lowest BCUT2D eigenvalue weighted by Crippen LogP contribution is -2.60. The lowest BCUT2D eigenvalue weighted by Gasteiger charge is -2.40. The summed E-state index contributed by atoms with van der Waals surface area (Å²) in [5.74, 6) is -0.438.